The Kier molecular flexibility index (Phi) is 7.15. The summed E-state index contributed by atoms with van der Waals surface area (Å²) in [6, 6.07) is 12.7. The number of hydrogen-bond donors (Lipinski definition) is 2. The van der Waals surface area contributed by atoms with E-state index in [0.717, 1.165) is 16.6 Å². The van der Waals surface area contributed by atoms with Crippen molar-refractivity contribution in [1.82, 2.24) is 10.3 Å². The van der Waals surface area contributed by atoms with Crippen LogP contribution in [0.5, 0.6) is 17.2 Å². The van der Waals surface area contributed by atoms with Crippen LogP contribution in [0.1, 0.15) is 29.9 Å². The van der Waals surface area contributed by atoms with Crippen LogP contribution in [-0.2, 0) is 9.59 Å². The molecule has 1 aliphatic heterocycles. The van der Waals surface area contributed by atoms with Crippen LogP contribution in [0.15, 0.2) is 42.5 Å². The number of ether oxygens (including phenoxy) is 3. The van der Waals surface area contributed by atoms with Gasteiger partial charge in [0.15, 0.2) is 11.5 Å². The second-order valence-electron chi connectivity index (χ2n) is 8.04. The van der Waals surface area contributed by atoms with E-state index in [4.69, 9.17) is 29.5 Å². The molecule has 0 bridgehead atoms. The predicted octanol–water partition coefficient (Wildman–Crippen LogP) is 2.90. The maximum Gasteiger partial charge on any atom is 0.373 e. The van der Waals surface area contributed by atoms with Crippen LogP contribution < -0.4 is 25.3 Å². The molecule has 172 valence electrons. The lowest BCUT2D eigenvalue weighted by Gasteiger charge is -2.28. The highest BCUT2D eigenvalue weighted by Crippen LogP contribution is 2.34. The molecule has 9 heteroatoms. The number of anilines is 1. The van der Waals surface area contributed by atoms with Crippen molar-refractivity contribution < 1.29 is 28.6 Å². The number of pyridine rings is 1. The quantitative estimate of drug-likeness (QED) is 0.606. The number of carbonyl (C=O) groups excluding carboxylic acids is 3. The van der Waals surface area contributed by atoms with Crippen LogP contribution in [0.25, 0.3) is 10.9 Å². The van der Waals surface area contributed by atoms with Crippen molar-refractivity contribution in [1.29, 1.82) is 0 Å². The Morgan fingerprint density at radius 3 is 2.64 bits per heavy atom. The molecule has 0 radical (unpaired) electrons. The van der Waals surface area contributed by atoms with Gasteiger partial charge in [-0.05, 0) is 51.1 Å². The molecule has 0 saturated carbocycles. The monoisotopic (exact) mass is 451 g/mol. The Morgan fingerprint density at radius 2 is 1.88 bits per heavy atom. The molecule has 2 aromatic carbocycles. The summed E-state index contributed by atoms with van der Waals surface area (Å²) in [4.78, 5) is 33.7. The maximum atomic E-state index is 12.9. The number of fused-ring (bicyclic) bond motifs is 2. The zero-order valence-corrected chi connectivity index (χ0v) is 18.6. The number of aryl methyl sites for hydroxylation is 1. The summed E-state index contributed by atoms with van der Waals surface area (Å²) >= 11 is 0. The van der Waals surface area contributed by atoms with E-state index >= 15 is 0 Å². The largest absolute Gasteiger partial charge is 0.490 e. The van der Waals surface area contributed by atoms with Gasteiger partial charge in [0.2, 0.25) is 0 Å². The maximum absolute atomic E-state index is 12.9. The lowest BCUT2D eigenvalue weighted by Crippen LogP contribution is -2.48. The highest BCUT2D eigenvalue weighted by molar-refractivity contribution is 5.98. The first-order valence-corrected chi connectivity index (χ1v) is 10.2. The highest BCUT2D eigenvalue weighted by Gasteiger charge is 2.27. The van der Waals surface area contributed by atoms with Crippen molar-refractivity contribution in [3.05, 3.63) is 53.7 Å². The second kappa shape index (κ2) is 10.0. The SMILES string of the molecule is Cc1cc(N)c2c(OCC(C)(C)NC(=O)c3cccc4c3OCCO4)cccc2n1.O=C=O. The Bertz CT molecular complexity index is 1200. The van der Waals surface area contributed by atoms with Gasteiger partial charge in [0.25, 0.3) is 5.91 Å². The normalized spacial score (nSPS) is 12.2. The third-order valence-electron chi connectivity index (χ3n) is 4.81. The number of amides is 1. The number of nitrogens with one attached hydrogen (secondary N) is 1. The van der Waals surface area contributed by atoms with Gasteiger partial charge < -0.3 is 25.3 Å². The number of aromatic nitrogens is 1. The van der Waals surface area contributed by atoms with Crippen LogP contribution in [0.3, 0.4) is 0 Å². The molecule has 0 atom stereocenters. The van der Waals surface area contributed by atoms with Gasteiger partial charge in [-0.3, -0.25) is 9.78 Å². The molecule has 9 nitrogen and oxygen atoms in total. The fourth-order valence-electron chi connectivity index (χ4n) is 3.46. The number of benzene rings is 2. The van der Waals surface area contributed by atoms with Crippen LogP contribution in [0, 0.1) is 6.92 Å². The van der Waals surface area contributed by atoms with Crippen molar-refractivity contribution in [2.24, 2.45) is 0 Å². The highest BCUT2D eigenvalue weighted by atomic mass is 16.6. The summed E-state index contributed by atoms with van der Waals surface area (Å²) in [5.74, 6) is 1.44. The van der Waals surface area contributed by atoms with Crippen molar-refractivity contribution in [3.8, 4) is 17.2 Å². The average molecular weight is 451 g/mol. The number of hydrogen-bond acceptors (Lipinski definition) is 8. The van der Waals surface area contributed by atoms with Gasteiger partial charge in [0.1, 0.15) is 25.6 Å². The minimum absolute atomic E-state index is 0.248. The average Bonchev–Trinajstić information content (AvgIpc) is 2.77. The molecule has 0 unspecified atom stereocenters. The zero-order valence-electron chi connectivity index (χ0n) is 18.6. The topological polar surface area (TPSA) is 130 Å². The minimum atomic E-state index is -0.648. The summed E-state index contributed by atoms with van der Waals surface area (Å²) < 4.78 is 17.3. The minimum Gasteiger partial charge on any atom is -0.490 e. The predicted molar refractivity (Wildman–Crippen MR) is 120 cm³/mol. The number of carbonyl (C=O) groups is 1. The van der Waals surface area contributed by atoms with Crippen LogP contribution in [0.4, 0.5) is 5.69 Å². The van der Waals surface area contributed by atoms with E-state index in [1.165, 1.54) is 0 Å². The molecule has 2 heterocycles. The van der Waals surface area contributed by atoms with Gasteiger partial charge in [-0.2, -0.15) is 9.59 Å². The van der Waals surface area contributed by atoms with Crippen LogP contribution >= 0.6 is 0 Å². The van der Waals surface area contributed by atoms with Gasteiger partial charge in [-0.25, -0.2) is 0 Å². The molecule has 1 amide bonds. The molecule has 0 aliphatic carbocycles. The number of rotatable bonds is 5. The third-order valence-corrected chi connectivity index (χ3v) is 4.81. The molecule has 33 heavy (non-hydrogen) atoms. The summed E-state index contributed by atoms with van der Waals surface area (Å²) in [6.07, 6.45) is 0.250. The molecule has 0 spiro atoms. The van der Waals surface area contributed by atoms with Gasteiger partial charge in [-0.15, -0.1) is 0 Å². The first-order chi connectivity index (χ1) is 15.8. The zero-order chi connectivity index (χ0) is 24.0. The summed E-state index contributed by atoms with van der Waals surface area (Å²) in [5, 5.41) is 3.79. The number of nitrogen functional groups attached to an aromatic ring is 1. The lowest BCUT2D eigenvalue weighted by atomic mass is 10.0. The van der Waals surface area contributed by atoms with Gasteiger partial charge in [-0.1, -0.05) is 12.1 Å². The summed E-state index contributed by atoms with van der Waals surface area (Å²) in [7, 11) is 0. The van der Waals surface area contributed by atoms with Crippen LogP contribution in [0.2, 0.25) is 0 Å². The van der Waals surface area contributed by atoms with Gasteiger partial charge in [0.05, 0.1) is 22.0 Å². The standard InChI is InChI=1S/C23H25N3O4.CO2/c1-14-12-16(24)20-17(25-14)7-5-8-18(20)30-13-23(2,3)26-22(27)15-6-4-9-19-21(15)29-11-10-28-19;2-1-3/h4-9,12H,10-11,13H2,1-3H3,(H2,24,25)(H,26,27);. The molecule has 0 saturated heterocycles. The van der Waals surface area contributed by atoms with E-state index in [9.17, 15) is 4.79 Å². The molecule has 0 fully saturated rings. The first-order valence-electron chi connectivity index (χ1n) is 10.2. The Morgan fingerprint density at radius 1 is 1.18 bits per heavy atom. The van der Waals surface area contributed by atoms with E-state index in [2.05, 4.69) is 10.3 Å². The number of nitrogens with two attached hydrogens (primary N) is 1. The number of nitrogens with zero attached hydrogens (tertiary/aromatic N) is 1. The van der Waals surface area contributed by atoms with Crippen molar-refractivity contribution in [2.45, 2.75) is 26.3 Å². The van der Waals surface area contributed by atoms with Gasteiger partial charge in [0, 0.05) is 11.4 Å². The molecule has 1 aliphatic rings. The molecule has 1 aromatic heterocycles. The van der Waals surface area contributed by atoms with E-state index in [1.807, 2.05) is 45.0 Å². The van der Waals surface area contributed by atoms with E-state index < -0.39 is 5.54 Å². The lowest BCUT2D eigenvalue weighted by molar-refractivity contribution is -0.191. The van der Waals surface area contributed by atoms with Crippen molar-refractivity contribution >= 4 is 28.6 Å². The molecule has 3 N–H and O–H groups in total. The molecular formula is C24H25N3O6. The first kappa shape index (κ1) is 23.6. The van der Waals surface area contributed by atoms with Gasteiger partial charge >= 0.3 is 6.15 Å². The Hall–Kier alpha value is -4.10. The summed E-state index contributed by atoms with van der Waals surface area (Å²) in [5.41, 5.74) is 8.23. The third kappa shape index (κ3) is 5.58. The molecule has 3 aromatic rings. The molecular weight excluding hydrogens is 426 g/mol. The van der Waals surface area contributed by atoms with Crippen molar-refractivity contribution in [2.75, 3.05) is 25.6 Å². The summed E-state index contributed by atoms with van der Waals surface area (Å²) in [6.45, 7) is 6.83. The fraction of sp³-hybridized carbons (Fsp3) is 0.292. The van der Waals surface area contributed by atoms with E-state index in [1.54, 1.807) is 18.2 Å². The van der Waals surface area contributed by atoms with Crippen molar-refractivity contribution in [3.63, 3.8) is 0 Å². The number of para-hydroxylation sites is 1. The second-order valence-corrected chi connectivity index (χ2v) is 8.04. The Labute approximate surface area is 190 Å². The molecule has 4 rings (SSSR count). The Balaban J connectivity index is 0.000000968. The van der Waals surface area contributed by atoms with E-state index in [-0.39, 0.29) is 18.7 Å². The fourth-order valence-corrected chi connectivity index (χ4v) is 3.46. The van der Waals surface area contributed by atoms with E-state index in [0.29, 0.717) is 41.7 Å². The van der Waals surface area contributed by atoms with Crippen LogP contribution in [-0.4, -0.2) is 42.4 Å². The smallest absolute Gasteiger partial charge is 0.373 e.